The van der Waals surface area contributed by atoms with Crippen LogP contribution in [-0.2, 0) is 62.2 Å². The van der Waals surface area contributed by atoms with Crippen molar-refractivity contribution in [2.24, 2.45) is 29.4 Å². The normalized spacial score (nSPS) is 18.8. The quantitative estimate of drug-likeness (QED) is 0.104. The van der Waals surface area contributed by atoms with Gasteiger partial charge >= 0.3 is 23.9 Å². The number of carbonyl (C=O) groups is 10. The van der Waals surface area contributed by atoms with Crippen molar-refractivity contribution in [3.63, 3.8) is 0 Å². The standard InChI is InChI=1S/C20H32N2O6.C11H20N2O4.C9H14O4/c1-13(23)14-5-7-15(8-6-14)19(27)22-11-16(24)9-10-17(25)21-12-18(26)28-20(2,3)4;1-11(2,3)17-10(16)7-13-9(15)5-4-8(14)6-12;1-13-9(12)7-4-2-6(3-5-7)8(10)11/h14-15H,5-12H2,1-4H3,(H,21,25)(H,22,27);4-7,12H2,1-3H3,(H,13,15);6-7H,2-5H2,1H3,(H,10,11). The smallest absolute Gasteiger partial charge is 0.325 e. The van der Waals surface area contributed by atoms with Crippen molar-refractivity contribution in [3.05, 3.63) is 0 Å². The Hall–Kier alpha value is -4.74. The zero-order valence-corrected chi connectivity index (χ0v) is 35.5. The first-order chi connectivity index (χ1) is 26.9. The summed E-state index contributed by atoms with van der Waals surface area (Å²) in [5.41, 5.74) is 3.90. The number of ether oxygens (including phenoxy) is 3. The molecule has 330 valence electrons. The highest BCUT2D eigenvalue weighted by atomic mass is 16.6. The van der Waals surface area contributed by atoms with Gasteiger partial charge in [-0.05, 0) is 99.8 Å². The Morgan fingerprint density at radius 1 is 0.569 bits per heavy atom. The number of Topliss-reactive ketones (excluding diaryl/α,β-unsaturated/α-hetero) is 3. The molecule has 2 saturated carbocycles. The number of nitrogens with two attached hydrogens (primary N) is 1. The number of carboxylic acids is 1. The van der Waals surface area contributed by atoms with Crippen molar-refractivity contribution in [2.75, 3.05) is 33.3 Å². The summed E-state index contributed by atoms with van der Waals surface area (Å²) in [6.07, 6.45) is 5.25. The molecule has 2 aliphatic rings. The largest absolute Gasteiger partial charge is 0.481 e. The van der Waals surface area contributed by atoms with Gasteiger partial charge in [-0.3, -0.25) is 47.9 Å². The van der Waals surface area contributed by atoms with E-state index in [1.807, 2.05) is 0 Å². The van der Waals surface area contributed by atoms with Crippen LogP contribution in [0.3, 0.4) is 0 Å². The van der Waals surface area contributed by atoms with E-state index in [0.717, 1.165) is 0 Å². The number of nitrogens with one attached hydrogen (secondary N) is 3. The third-order valence-electron chi connectivity index (χ3n) is 8.93. The Kier molecular flexibility index (Phi) is 24.8. The number of rotatable bonds is 17. The molecule has 0 atom stereocenters. The van der Waals surface area contributed by atoms with Crippen LogP contribution in [0.1, 0.15) is 126 Å². The monoisotopic (exact) mass is 826 g/mol. The van der Waals surface area contributed by atoms with E-state index in [0.29, 0.717) is 51.4 Å². The molecule has 0 aromatic carbocycles. The van der Waals surface area contributed by atoms with Crippen molar-refractivity contribution in [1.29, 1.82) is 0 Å². The Labute approximate surface area is 341 Å². The number of carbonyl (C=O) groups excluding carboxylic acids is 9. The van der Waals surface area contributed by atoms with Gasteiger partial charge in [0.1, 0.15) is 35.9 Å². The molecule has 0 aliphatic heterocycles. The van der Waals surface area contributed by atoms with E-state index in [4.69, 9.17) is 20.3 Å². The molecular formula is C40H66N4O14. The summed E-state index contributed by atoms with van der Waals surface area (Å²) in [6.45, 7) is 11.4. The zero-order chi connectivity index (χ0) is 44.6. The van der Waals surface area contributed by atoms with Gasteiger partial charge in [-0.25, -0.2) is 0 Å². The van der Waals surface area contributed by atoms with Gasteiger partial charge in [0, 0.05) is 37.5 Å². The second-order valence-corrected chi connectivity index (χ2v) is 16.3. The molecule has 0 saturated heterocycles. The summed E-state index contributed by atoms with van der Waals surface area (Å²) in [5, 5.41) is 16.1. The van der Waals surface area contributed by atoms with Crippen LogP contribution in [0.5, 0.6) is 0 Å². The van der Waals surface area contributed by atoms with Crippen LogP contribution >= 0.6 is 0 Å². The molecule has 3 amide bonds. The minimum absolute atomic E-state index is 0.0164. The molecule has 2 rings (SSSR count). The molecule has 2 aliphatic carbocycles. The van der Waals surface area contributed by atoms with E-state index < -0.39 is 35.0 Å². The Morgan fingerprint density at radius 2 is 0.966 bits per heavy atom. The fourth-order valence-corrected chi connectivity index (χ4v) is 5.80. The van der Waals surface area contributed by atoms with Gasteiger partial charge in [0.25, 0.3) is 0 Å². The average Bonchev–Trinajstić information content (AvgIpc) is 3.15. The Morgan fingerprint density at radius 3 is 1.34 bits per heavy atom. The molecule has 0 unspecified atom stereocenters. The van der Waals surface area contributed by atoms with Gasteiger partial charge in [0.15, 0.2) is 5.78 Å². The number of hydrogen-bond acceptors (Lipinski definition) is 14. The van der Waals surface area contributed by atoms with Crippen molar-refractivity contribution >= 4 is 58.9 Å². The van der Waals surface area contributed by atoms with Crippen LogP contribution in [0.25, 0.3) is 0 Å². The highest BCUT2D eigenvalue weighted by molar-refractivity contribution is 5.90. The SMILES string of the molecule is CC(=O)C1CCC(C(=O)NCC(=O)CCC(=O)NCC(=O)OC(C)(C)C)CC1.CC(C)(C)OC(=O)CNC(=O)CCC(=O)CN.COC(=O)C1CCC(C(=O)O)CC1. The summed E-state index contributed by atoms with van der Waals surface area (Å²) in [5.74, 6) is -3.70. The van der Waals surface area contributed by atoms with Crippen molar-refractivity contribution < 1.29 is 67.3 Å². The second kappa shape index (κ2) is 27.0. The first-order valence-corrected chi connectivity index (χ1v) is 19.7. The van der Waals surface area contributed by atoms with Crippen molar-refractivity contribution in [1.82, 2.24) is 16.0 Å². The fraction of sp³-hybridized carbons (Fsp3) is 0.750. The highest BCUT2D eigenvalue weighted by Gasteiger charge is 2.30. The number of esters is 3. The van der Waals surface area contributed by atoms with Gasteiger partial charge < -0.3 is 41.0 Å². The van der Waals surface area contributed by atoms with E-state index in [2.05, 4.69) is 20.7 Å². The molecule has 6 N–H and O–H groups in total. The van der Waals surface area contributed by atoms with Gasteiger partial charge in [0.05, 0.1) is 32.0 Å². The molecule has 0 spiro atoms. The lowest BCUT2D eigenvalue weighted by molar-refractivity contribution is -0.155. The van der Waals surface area contributed by atoms with Crippen molar-refractivity contribution in [2.45, 2.75) is 137 Å². The molecule has 0 radical (unpaired) electrons. The number of aliphatic carboxylic acids is 1. The lowest BCUT2D eigenvalue weighted by atomic mass is 9.80. The van der Waals surface area contributed by atoms with Crippen LogP contribution < -0.4 is 21.7 Å². The first kappa shape index (κ1) is 53.3. The first-order valence-electron chi connectivity index (χ1n) is 19.7. The van der Waals surface area contributed by atoms with Gasteiger partial charge in [0.2, 0.25) is 17.7 Å². The van der Waals surface area contributed by atoms with Gasteiger partial charge in [-0.2, -0.15) is 0 Å². The third kappa shape index (κ3) is 26.2. The number of ketones is 3. The molecule has 2 fully saturated rings. The number of amides is 3. The van der Waals surface area contributed by atoms with Crippen LogP contribution in [0, 0.1) is 23.7 Å². The Bertz CT molecular complexity index is 1420. The molecule has 0 aromatic heterocycles. The van der Waals surface area contributed by atoms with Gasteiger partial charge in [-0.1, -0.05) is 0 Å². The van der Waals surface area contributed by atoms with Crippen LogP contribution in [0.15, 0.2) is 0 Å². The zero-order valence-electron chi connectivity index (χ0n) is 35.5. The minimum atomic E-state index is -0.747. The Balaban J connectivity index is 0.000000919. The van der Waals surface area contributed by atoms with E-state index >= 15 is 0 Å². The third-order valence-corrected chi connectivity index (χ3v) is 8.93. The topological polar surface area (TPSA) is 281 Å². The average molecular weight is 827 g/mol. The molecule has 0 heterocycles. The summed E-state index contributed by atoms with van der Waals surface area (Å²) < 4.78 is 14.7. The van der Waals surface area contributed by atoms with E-state index in [9.17, 15) is 47.9 Å². The highest BCUT2D eigenvalue weighted by Crippen LogP contribution is 2.30. The maximum Gasteiger partial charge on any atom is 0.325 e. The van der Waals surface area contributed by atoms with Gasteiger partial charge in [-0.15, -0.1) is 0 Å². The molecule has 18 nitrogen and oxygen atoms in total. The second-order valence-electron chi connectivity index (χ2n) is 16.3. The summed E-state index contributed by atoms with van der Waals surface area (Å²) in [6, 6.07) is 0. The van der Waals surface area contributed by atoms with Crippen LogP contribution in [-0.4, -0.2) is 109 Å². The number of carboxylic acid groups (broad SMARTS) is 1. The lowest BCUT2D eigenvalue weighted by Crippen LogP contribution is -2.37. The van der Waals surface area contributed by atoms with E-state index in [1.54, 1.807) is 48.5 Å². The molecule has 58 heavy (non-hydrogen) atoms. The summed E-state index contributed by atoms with van der Waals surface area (Å²) in [7, 11) is 1.37. The number of hydrogen-bond donors (Lipinski definition) is 5. The predicted octanol–water partition coefficient (Wildman–Crippen LogP) is 2.11. The fourth-order valence-electron chi connectivity index (χ4n) is 5.80. The number of methoxy groups -OCH3 is 1. The molecular weight excluding hydrogens is 760 g/mol. The summed E-state index contributed by atoms with van der Waals surface area (Å²) >= 11 is 0. The van der Waals surface area contributed by atoms with Crippen LogP contribution in [0.4, 0.5) is 0 Å². The van der Waals surface area contributed by atoms with E-state index in [1.165, 1.54) is 7.11 Å². The van der Waals surface area contributed by atoms with Crippen LogP contribution in [0.2, 0.25) is 0 Å². The predicted molar refractivity (Wildman–Crippen MR) is 209 cm³/mol. The van der Waals surface area contributed by atoms with E-state index in [-0.39, 0.29) is 111 Å². The molecule has 0 bridgehead atoms. The molecule has 0 aromatic rings. The maximum atomic E-state index is 12.1. The summed E-state index contributed by atoms with van der Waals surface area (Å²) in [4.78, 5) is 114. The molecule has 18 heteroatoms. The lowest BCUT2D eigenvalue weighted by Gasteiger charge is -2.26. The van der Waals surface area contributed by atoms with Crippen molar-refractivity contribution in [3.8, 4) is 0 Å². The maximum absolute atomic E-state index is 12.1. The minimum Gasteiger partial charge on any atom is -0.481 e.